The minimum Gasteiger partial charge on any atom is -0.464 e. The van der Waals surface area contributed by atoms with E-state index >= 15 is 0 Å². The molecule has 8 nitrogen and oxygen atoms in total. The van der Waals surface area contributed by atoms with Gasteiger partial charge in [0.1, 0.15) is 11.8 Å². The first kappa shape index (κ1) is 19.3. The van der Waals surface area contributed by atoms with Gasteiger partial charge in [0.25, 0.3) is 5.69 Å². The largest absolute Gasteiger partial charge is 0.464 e. The van der Waals surface area contributed by atoms with Crippen LogP contribution in [0.1, 0.15) is 27.8 Å². The third-order valence-corrected chi connectivity index (χ3v) is 4.81. The van der Waals surface area contributed by atoms with E-state index in [1.54, 1.807) is 18.2 Å². The zero-order valence-corrected chi connectivity index (χ0v) is 15.9. The predicted molar refractivity (Wildman–Crippen MR) is 110 cm³/mol. The maximum atomic E-state index is 11.8. The number of methoxy groups -OCH3 is 1. The Labute approximate surface area is 170 Å². The molecule has 0 aliphatic heterocycles. The van der Waals surface area contributed by atoms with Crippen molar-refractivity contribution in [2.75, 3.05) is 7.11 Å². The maximum absolute atomic E-state index is 11.8. The molecular formula is C22H17N3O5. The lowest BCUT2D eigenvalue weighted by molar-refractivity contribution is -0.384. The lowest BCUT2D eigenvalue weighted by Crippen LogP contribution is -2.09. The molecular weight excluding hydrogens is 386 g/mol. The molecule has 150 valence electrons. The monoisotopic (exact) mass is 403 g/mol. The second kappa shape index (κ2) is 7.76. The first-order chi connectivity index (χ1) is 14.5. The van der Waals surface area contributed by atoms with E-state index in [1.807, 2.05) is 30.3 Å². The summed E-state index contributed by atoms with van der Waals surface area (Å²) in [6.45, 7) is 0. The van der Waals surface area contributed by atoms with E-state index in [0.29, 0.717) is 22.2 Å². The highest BCUT2D eigenvalue weighted by atomic mass is 16.6. The van der Waals surface area contributed by atoms with E-state index in [0.717, 1.165) is 5.56 Å². The van der Waals surface area contributed by atoms with Gasteiger partial charge in [-0.05, 0) is 23.8 Å². The Morgan fingerprint density at radius 1 is 1.13 bits per heavy atom. The summed E-state index contributed by atoms with van der Waals surface area (Å²) in [6, 6.07) is 18.4. The van der Waals surface area contributed by atoms with Crippen molar-refractivity contribution in [2.24, 2.45) is 0 Å². The van der Waals surface area contributed by atoms with Gasteiger partial charge in [-0.25, -0.2) is 9.78 Å². The highest BCUT2D eigenvalue weighted by Crippen LogP contribution is 2.38. The van der Waals surface area contributed by atoms with Gasteiger partial charge >= 0.3 is 5.97 Å². The Bertz CT molecular complexity index is 1250. The number of nitro groups is 1. The molecule has 0 saturated heterocycles. The van der Waals surface area contributed by atoms with Gasteiger partial charge < -0.3 is 14.8 Å². The van der Waals surface area contributed by atoms with Crippen molar-refractivity contribution in [3.8, 4) is 11.3 Å². The Morgan fingerprint density at radius 2 is 1.90 bits per heavy atom. The van der Waals surface area contributed by atoms with Crippen LogP contribution < -0.4 is 0 Å². The average molecular weight is 403 g/mol. The van der Waals surface area contributed by atoms with Crippen molar-refractivity contribution in [3.05, 3.63) is 93.8 Å². The SMILES string of the molecule is COC(=O)c1cccc(C(O)c2c(-c3ccccc3)[nH]c3cc([N+](=O)[O-])ccc23)n1. The van der Waals surface area contributed by atoms with E-state index in [1.165, 1.54) is 25.3 Å². The van der Waals surface area contributed by atoms with E-state index in [-0.39, 0.29) is 17.1 Å². The summed E-state index contributed by atoms with van der Waals surface area (Å²) >= 11 is 0. The summed E-state index contributed by atoms with van der Waals surface area (Å²) in [5.41, 5.74) is 2.72. The van der Waals surface area contributed by atoms with Crippen LogP contribution in [0.5, 0.6) is 0 Å². The molecule has 2 N–H and O–H groups in total. The molecule has 2 heterocycles. The first-order valence-electron chi connectivity index (χ1n) is 9.08. The second-order valence-electron chi connectivity index (χ2n) is 6.61. The van der Waals surface area contributed by atoms with Crippen molar-refractivity contribution in [1.82, 2.24) is 9.97 Å². The number of carbonyl (C=O) groups excluding carboxylic acids is 1. The third-order valence-electron chi connectivity index (χ3n) is 4.81. The van der Waals surface area contributed by atoms with E-state index in [9.17, 15) is 20.0 Å². The van der Waals surface area contributed by atoms with E-state index in [4.69, 9.17) is 4.74 Å². The number of ether oxygens (including phenoxy) is 1. The predicted octanol–water partition coefficient (Wildman–Crippen LogP) is 4.01. The molecule has 2 aromatic carbocycles. The molecule has 0 fully saturated rings. The summed E-state index contributed by atoms with van der Waals surface area (Å²) in [4.78, 5) is 30.0. The van der Waals surface area contributed by atoms with Crippen LogP contribution in [-0.2, 0) is 4.74 Å². The molecule has 8 heteroatoms. The number of aliphatic hydroxyl groups excluding tert-OH is 1. The Hall–Kier alpha value is -4.04. The minimum absolute atomic E-state index is 0.0600. The topological polar surface area (TPSA) is 118 Å². The second-order valence-corrected chi connectivity index (χ2v) is 6.61. The number of nitrogens with one attached hydrogen (secondary N) is 1. The molecule has 0 saturated carbocycles. The molecule has 0 radical (unpaired) electrons. The lowest BCUT2D eigenvalue weighted by atomic mass is 9.98. The molecule has 0 aliphatic carbocycles. The zero-order valence-electron chi connectivity index (χ0n) is 15.9. The van der Waals surface area contributed by atoms with Crippen LogP contribution in [0.25, 0.3) is 22.2 Å². The van der Waals surface area contributed by atoms with Crippen molar-refractivity contribution < 1.29 is 19.6 Å². The number of nitrogens with zero attached hydrogens (tertiary/aromatic N) is 2. The number of nitro benzene ring substituents is 1. The zero-order chi connectivity index (χ0) is 21.3. The Kier molecular flexibility index (Phi) is 4.99. The molecule has 4 aromatic rings. The fourth-order valence-electron chi connectivity index (χ4n) is 3.41. The van der Waals surface area contributed by atoms with Gasteiger partial charge in [-0.1, -0.05) is 36.4 Å². The fraction of sp³-hybridized carbons (Fsp3) is 0.0909. The summed E-state index contributed by atoms with van der Waals surface area (Å²) in [5, 5.41) is 23.0. The first-order valence-corrected chi connectivity index (χ1v) is 9.08. The molecule has 0 amide bonds. The van der Waals surface area contributed by atoms with Crippen LogP contribution in [0.2, 0.25) is 0 Å². The normalized spacial score (nSPS) is 11.9. The van der Waals surface area contributed by atoms with Gasteiger partial charge in [-0.15, -0.1) is 0 Å². The van der Waals surface area contributed by atoms with Gasteiger partial charge in [0.15, 0.2) is 0 Å². The maximum Gasteiger partial charge on any atom is 0.356 e. The number of hydrogen-bond acceptors (Lipinski definition) is 6. The molecule has 2 aromatic heterocycles. The molecule has 0 spiro atoms. The van der Waals surface area contributed by atoms with E-state index in [2.05, 4.69) is 9.97 Å². The average Bonchev–Trinajstić information content (AvgIpc) is 3.17. The van der Waals surface area contributed by atoms with Gasteiger partial charge in [-0.2, -0.15) is 0 Å². The van der Waals surface area contributed by atoms with Gasteiger partial charge in [0.2, 0.25) is 0 Å². The number of non-ortho nitro benzene ring substituents is 1. The van der Waals surface area contributed by atoms with Crippen LogP contribution >= 0.6 is 0 Å². The number of benzene rings is 2. The van der Waals surface area contributed by atoms with Crippen molar-refractivity contribution in [1.29, 1.82) is 0 Å². The molecule has 30 heavy (non-hydrogen) atoms. The van der Waals surface area contributed by atoms with Crippen molar-refractivity contribution >= 4 is 22.6 Å². The lowest BCUT2D eigenvalue weighted by Gasteiger charge is -2.13. The number of esters is 1. The summed E-state index contributed by atoms with van der Waals surface area (Å²) in [5.74, 6) is -0.609. The van der Waals surface area contributed by atoms with E-state index < -0.39 is 17.0 Å². The Morgan fingerprint density at radius 3 is 2.60 bits per heavy atom. The number of aromatic amines is 1. The van der Waals surface area contributed by atoms with Crippen LogP contribution in [0.15, 0.2) is 66.7 Å². The number of fused-ring (bicyclic) bond motifs is 1. The number of aromatic nitrogens is 2. The standard InChI is InChI=1S/C22H17N3O5/c1-30-22(27)17-9-5-8-16(23-17)21(26)19-15-11-10-14(25(28)29)12-18(15)24-20(19)13-6-3-2-4-7-13/h2-12,21,24,26H,1H3. The molecule has 0 bridgehead atoms. The quantitative estimate of drug-likeness (QED) is 0.295. The summed E-state index contributed by atoms with van der Waals surface area (Å²) < 4.78 is 4.71. The minimum atomic E-state index is -1.18. The smallest absolute Gasteiger partial charge is 0.356 e. The van der Waals surface area contributed by atoms with Gasteiger partial charge in [0.05, 0.1) is 28.9 Å². The number of rotatable bonds is 5. The van der Waals surface area contributed by atoms with Crippen molar-refractivity contribution in [3.63, 3.8) is 0 Å². The summed E-state index contributed by atoms with van der Waals surface area (Å²) in [6.07, 6.45) is -1.18. The number of H-pyrrole nitrogens is 1. The highest BCUT2D eigenvalue weighted by molar-refractivity contribution is 5.93. The third kappa shape index (κ3) is 3.40. The number of carbonyl (C=O) groups is 1. The molecule has 4 rings (SSSR count). The fourth-order valence-corrected chi connectivity index (χ4v) is 3.41. The summed E-state index contributed by atoms with van der Waals surface area (Å²) in [7, 11) is 1.26. The van der Waals surface area contributed by atoms with Crippen LogP contribution in [0.3, 0.4) is 0 Å². The highest BCUT2D eigenvalue weighted by Gasteiger charge is 2.24. The number of pyridine rings is 1. The van der Waals surface area contributed by atoms with Crippen LogP contribution in [0.4, 0.5) is 5.69 Å². The van der Waals surface area contributed by atoms with Crippen LogP contribution in [-0.4, -0.2) is 33.1 Å². The van der Waals surface area contributed by atoms with Gasteiger partial charge in [0, 0.05) is 23.1 Å². The van der Waals surface area contributed by atoms with Crippen LogP contribution in [0, 0.1) is 10.1 Å². The molecule has 1 atom stereocenters. The molecule has 1 unspecified atom stereocenters. The number of aliphatic hydroxyl groups is 1. The molecule has 0 aliphatic rings. The Balaban J connectivity index is 1.92. The van der Waals surface area contributed by atoms with Crippen molar-refractivity contribution in [2.45, 2.75) is 6.10 Å². The van der Waals surface area contributed by atoms with Gasteiger partial charge in [-0.3, -0.25) is 10.1 Å². The number of hydrogen-bond donors (Lipinski definition) is 2.